The summed E-state index contributed by atoms with van der Waals surface area (Å²) >= 11 is 0. The summed E-state index contributed by atoms with van der Waals surface area (Å²) in [5, 5.41) is 42.3. The van der Waals surface area contributed by atoms with E-state index in [1.54, 1.807) is 36.4 Å². The van der Waals surface area contributed by atoms with Crippen LogP contribution in [0.15, 0.2) is 58.5 Å². The van der Waals surface area contributed by atoms with Crippen LogP contribution in [0.2, 0.25) is 0 Å². The van der Waals surface area contributed by atoms with Crippen molar-refractivity contribution in [3.05, 3.63) is 59.7 Å². The molecule has 0 aromatic heterocycles. The number of nitrogens with zero attached hydrogens (tertiary/aromatic N) is 2. The van der Waals surface area contributed by atoms with Gasteiger partial charge in [0.05, 0.1) is 0 Å². The number of urea groups is 2. The van der Waals surface area contributed by atoms with Gasteiger partial charge in [0, 0.05) is 50.3 Å². The van der Waals surface area contributed by atoms with Crippen LogP contribution in [0.25, 0.3) is 0 Å². The molecule has 2 rings (SSSR count). The summed E-state index contributed by atoms with van der Waals surface area (Å²) in [6, 6.07) is 11.2. The molecule has 2 radical (unpaired) electrons. The molecular formula is C22H32Cu2N6O10+2. The second-order valence-corrected chi connectivity index (χ2v) is 6.19. The quantitative estimate of drug-likeness (QED) is 0.119. The second kappa shape index (κ2) is 31.0. The zero-order valence-corrected chi connectivity index (χ0v) is 22.7. The molecule has 230 valence electrons. The molecule has 0 bridgehead atoms. The maximum absolute atomic E-state index is 11.1. The van der Waals surface area contributed by atoms with Crippen molar-refractivity contribution < 1.29 is 84.7 Å². The number of hydrogen-bond acceptors (Lipinski definition) is 10. The van der Waals surface area contributed by atoms with E-state index in [9.17, 15) is 30.0 Å². The minimum Gasteiger partial charge on any atom is -0.872 e. The molecule has 0 saturated carbocycles. The molecule has 0 unspecified atom stereocenters. The minimum absolute atomic E-state index is 0. The van der Waals surface area contributed by atoms with Crippen molar-refractivity contribution in [3.63, 3.8) is 0 Å². The maximum atomic E-state index is 11.1. The van der Waals surface area contributed by atoms with Gasteiger partial charge in [0.1, 0.15) is 0 Å². The molecule has 0 aliphatic rings. The first-order chi connectivity index (χ1) is 16.9. The van der Waals surface area contributed by atoms with Crippen LogP contribution in [0.5, 0.6) is 11.5 Å². The molecule has 0 fully saturated rings. The summed E-state index contributed by atoms with van der Waals surface area (Å²) < 4.78 is 0. The molecule has 14 N–H and O–H groups in total. The predicted molar refractivity (Wildman–Crippen MR) is 133 cm³/mol. The van der Waals surface area contributed by atoms with Gasteiger partial charge in [-0.25, -0.2) is 9.59 Å². The average Bonchev–Trinajstić information content (AvgIpc) is 2.76. The normalized spacial score (nSPS) is 8.60. The van der Waals surface area contributed by atoms with Gasteiger partial charge in [-0.3, -0.25) is 9.98 Å². The number of carbonyl (C=O) groups excluding carboxylic acids is 4. The molecule has 0 heterocycles. The molecule has 40 heavy (non-hydrogen) atoms. The van der Waals surface area contributed by atoms with Gasteiger partial charge in [0.15, 0.2) is 0 Å². The number of amides is 4. The van der Waals surface area contributed by atoms with Crippen LogP contribution in [0.4, 0.5) is 9.59 Å². The van der Waals surface area contributed by atoms with Crippen molar-refractivity contribution >= 4 is 36.4 Å². The molecular weight excluding hydrogens is 635 g/mol. The van der Waals surface area contributed by atoms with Gasteiger partial charge >= 0.3 is 46.2 Å². The van der Waals surface area contributed by atoms with Crippen LogP contribution < -0.4 is 43.4 Å². The Morgan fingerprint density at radius 2 is 0.875 bits per heavy atom. The average molecular weight is 668 g/mol. The third-order valence-electron chi connectivity index (χ3n) is 3.19. The summed E-state index contributed by atoms with van der Waals surface area (Å²) in [7, 11) is 0. The number of carboxylic acid groups (broad SMARTS) is 2. The smallest absolute Gasteiger partial charge is 0.872 e. The Balaban J connectivity index is -0.000000106. The van der Waals surface area contributed by atoms with Crippen LogP contribution in [0.1, 0.15) is 24.0 Å². The fraction of sp³-hybridized carbons (Fsp3) is 0.182. The number of hydrogen-bond donors (Lipinski definition) is 4. The Labute approximate surface area is 250 Å². The van der Waals surface area contributed by atoms with Gasteiger partial charge in [-0.1, -0.05) is 48.5 Å². The Hall–Kier alpha value is -4.18. The van der Waals surface area contributed by atoms with E-state index in [0.29, 0.717) is 11.1 Å². The zero-order chi connectivity index (χ0) is 27.9. The molecule has 0 aliphatic heterocycles. The summed E-state index contributed by atoms with van der Waals surface area (Å²) in [6.07, 6.45) is 2.51. The van der Waals surface area contributed by atoms with Gasteiger partial charge in [0.25, 0.3) is 0 Å². The largest absolute Gasteiger partial charge is 2.00 e. The summed E-state index contributed by atoms with van der Waals surface area (Å²) in [5.74, 6) is -2.52. The topological polar surface area (TPSA) is 355 Å². The summed E-state index contributed by atoms with van der Waals surface area (Å²) in [6.45, 7) is 0.271. The summed E-state index contributed by atoms with van der Waals surface area (Å²) in [5.41, 5.74) is 17.9. The number of carbonyl (C=O) groups is 4. The van der Waals surface area contributed by atoms with Gasteiger partial charge < -0.3 is 63.9 Å². The molecule has 18 heteroatoms. The van der Waals surface area contributed by atoms with E-state index in [1.165, 1.54) is 24.6 Å². The van der Waals surface area contributed by atoms with Gasteiger partial charge in [-0.15, -0.1) is 11.5 Å². The third kappa shape index (κ3) is 36.0. The Bertz CT molecular complexity index is 953. The number of nitrogens with two attached hydrogens (primary N) is 4. The van der Waals surface area contributed by atoms with Crippen molar-refractivity contribution in [1.29, 1.82) is 0 Å². The van der Waals surface area contributed by atoms with Gasteiger partial charge in [-0.05, 0) is 11.1 Å². The van der Waals surface area contributed by atoms with Crippen molar-refractivity contribution in [2.45, 2.75) is 12.8 Å². The first-order valence-electron chi connectivity index (χ1n) is 9.88. The molecule has 0 spiro atoms. The number of aliphatic imine (C=N–C) groups is 2. The molecule has 2 aromatic rings. The predicted octanol–water partition coefficient (Wildman–Crippen LogP) is -5.16. The van der Waals surface area contributed by atoms with E-state index in [1.807, 2.05) is 0 Å². The van der Waals surface area contributed by atoms with Crippen LogP contribution >= 0.6 is 0 Å². The molecule has 16 nitrogen and oxygen atoms in total. The maximum Gasteiger partial charge on any atom is 2.00 e. The molecule has 0 atom stereocenters. The first kappa shape index (κ1) is 48.8. The number of aliphatic carboxylic acids is 2. The first-order valence-corrected chi connectivity index (χ1v) is 9.88. The van der Waals surface area contributed by atoms with Crippen molar-refractivity contribution in [1.82, 2.24) is 0 Å². The Kier molecular flexibility index (Phi) is 37.9. The van der Waals surface area contributed by atoms with Crippen molar-refractivity contribution in [2.75, 3.05) is 13.1 Å². The molecule has 4 amide bonds. The molecule has 0 aliphatic carbocycles. The monoisotopic (exact) mass is 666 g/mol. The van der Waals surface area contributed by atoms with E-state index in [0.717, 1.165) is 0 Å². The molecule has 0 saturated heterocycles. The number of para-hydroxylation sites is 2. The fourth-order valence-corrected chi connectivity index (χ4v) is 1.81. The third-order valence-corrected chi connectivity index (χ3v) is 3.19. The molecule has 2 aromatic carbocycles. The number of benzene rings is 2. The fourth-order valence-electron chi connectivity index (χ4n) is 1.81. The SMILES string of the molecule is NC(N)=O.NC(N)=O.O=C([O-])CCN=Cc1ccccc1[O-].O=C([O-])CCN=Cc1ccccc1[O-].[Cu+2].[Cu+2].[OH3+].[OH3+]. The second-order valence-electron chi connectivity index (χ2n) is 6.19. The van der Waals surface area contributed by atoms with Gasteiger partial charge in [-0.2, -0.15) is 0 Å². The number of carboxylic acids is 2. The van der Waals surface area contributed by atoms with Gasteiger partial charge in [0.2, 0.25) is 0 Å². The number of primary amides is 4. The van der Waals surface area contributed by atoms with Crippen LogP contribution in [0, 0.1) is 0 Å². The van der Waals surface area contributed by atoms with Crippen LogP contribution in [-0.4, -0.2) is 49.5 Å². The van der Waals surface area contributed by atoms with Crippen molar-refractivity contribution in [3.8, 4) is 11.5 Å². The van der Waals surface area contributed by atoms with E-state index in [4.69, 9.17) is 9.59 Å². The van der Waals surface area contributed by atoms with E-state index in [-0.39, 0.29) is 82.5 Å². The Morgan fingerprint density at radius 1 is 0.625 bits per heavy atom. The Morgan fingerprint density at radius 3 is 1.10 bits per heavy atom. The van der Waals surface area contributed by atoms with Crippen LogP contribution in [0.3, 0.4) is 0 Å². The minimum atomic E-state index is -1.14. The standard InChI is InChI=1S/2C10H11NO3.2CH4N2O.2Cu.2H2O/c2*12-9-4-2-1-3-8(9)7-11-6-5-10(13)14;2*2-1(3)4;;;;/h2*1-4,7,12H,5-6H2,(H,13,14);2*(H4,2,3,4);;;2*1H2/q;;;;2*+2;;/p-2. The van der Waals surface area contributed by atoms with E-state index < -0.39 is 24.0 Å². The zero-order valence-electron chi connectivity index (χ0n) is 20.8. The van der Waals surface area contributed by atoms with Crippen LogP contribution in [-0.2, 0) is 54.7 Å². The number of rotatable bonds is 8. The van der Waals surface area contributed by atoms with E-state index >= 15 is 0 Å². The summed E-state index contributed by atoms with van der Waals surface area (Å²) in [4.78, 5) is 45.7. The van der Waals surface area contributed by atoms with Crippen molar-refractivity contribution in [2.24, 2.45) is 32.9 Å². The van der Waals surface area contributed by atoms with E-state index in [2.05, 4.69) is 32.9 Å².